The summed E-state index contributed by atoms with van der Waals surface area (Å²) in [6, 6.07) is 1.64. The van der Waals surface area contributed by atoms with E-state index in [2.05, 4.69) is 20.7 Å². The maximum absolute atomic E-state index is 12.6. The molecule has 3 rings (SSSR count). The zero-order valence-corrected chi connectivity index (χ0v) is 13.5. The maximum Gasteiger partial charge on any atom is 0.257 e. The lowest BCUT2D eigenvalue weighted by molar-refractivity contribution is 0.00732. The van der Waals surface area contributed by atoms with E-state index in [1.54, 1.807) is 18.7 Å². The van der Waals surface area contributed by atoms with Crippen molar-refractivity contribution in [1.29, 1.82) is 0 Å². The largest absolute Gasteiger partial charge is 0.379 e. The molecule has 1 amide bonds. The number of aromatic nitrogens is 3. The average Bonchev–Trinajstić information content (AvgIpc) is 2.94. The smallest absolute Gasteiger partial charge is 0.257 e. The second kappa shape index (κ2) is 6.13. The fraction of sp³-hybridized carbons (Fsp3) is 0.533. The maximum atomic E-state index is 12.6. The van der Waals surface area contributed by atoms with E-state index >= 15 is 0 Å². The summed E-state index contributed by atoms with van der Waals surface area (Å²) >= 11 is 0. The normalized spacial score (nSPS) is 21.7. The summed E-state index contributed by atoms with van der Waals surface area (Å²) in [4.78, 5) is 17.1. The first-order valence-corrected chi connectivity index (χ1v) is 7.70. The van der Waals surface area contributed by atoms with Gasteiger partial charge in [0.05, 0.1) is 24.0 Å². The topological polar surface area (TPSA) is 107 Å². The minimum absolute atomic E-state index is 0.0443. The van der Waals surface area contributed by atoms with Crippen molar-refractivity contribution in [3.05, 3.63) is 23.5 Å². The van der Waals surface area contributed by atoms with Gasteiger partial charge >= 0.3 is 0 Å². The highest BCUT2D eigenvalue weighted by Crippen LogP contribution is 2.24. The van der Waals surface area contributed by atoms with E-state index in [0.717, 1.165) is 18.7 Å². The summed E-state index contributed by atoms with van der Waals surface area (Å²) in [6.07, 6.45) is 3.50. The SMILES string of the molecule is CNc1cc(C(C)N)nc2c(C(=O)NC3CCC3OC)cnn12. The highest BCUT2D eigenvalue weighted by atomic mass is 16.5. The Morgan fingerprint density at radius 2 is 2.30 bits per heavy atom. The monoisotopic (exact) mass is 318 g/mol. The van der Waals surface area contributed by atoms with Crippen molar-refractivity contribution >= 4 is 17.4 Å². The number of carbonyl (C=O) groups excluding carboxylic acids is 1. The predicted octanol–water partition coefficient (Wildman–Crippen LogP) is 0.698. The third-order valence-corrected chi connectivity index (χ3v) is 4.29. The van der Waals surface area contributed by atoms with Gasteiger partial charge in [-0.2, -0.15) is 9.61 Å². The standard InChI is InChI=1S/C15H22N6O2/c1-8(16)11-6-13(17-2)21-14(19-11)9(7-18-21)15(22)20-10-4-5-12(10)23-3/h6-8,10,12,17H,4-5,16H2,1-3H3,(H,20,22). The molecule has 0 aromatic carbocycles. The van der Waals surface area contributed by atoms with Gasteiger partial charge in [0.25, 0.3) is 5.91 Å². The molecule has 1 fully saturated rings. The molecule has 0 bridgehead atoms. The number of ether oxygens (including phenoxy) is 1. The molecule has 1 saturated carbocycles. The van der Waals surface area contributed by atoms with Crippen molar-refractivity contribution in [2.45, 2.75) is 38.0 Å². The molecule has 124 valence electrons. The van der Waals surface area contributed by atoms with Crippen LogP contribution in [0.25, 0.3) is 5.65 Å². The number of anilines is 1. The summed E-state index contributed by atoms with van der Waals surface area (Å²) in [7, 11) is 3.45. The minimum atomic E-state index is -0.234. The van der Waals surface area contributed by atoms with Crippen LogP contribution in [-0.4, -0.2) is 46.8 Å². The number of rotatable bonds is 5. The predicted molar refractivity (Wildman–Crippen MR) is 86.4 cm³/mol. The number of hydrogen-bond donors (Lipinski definition) is 3. The Bertz CT molecular complexity index is 724. The lowest BCUT2D eigenvalue weighted by atomic mass is 9.89. The van der Waals surface area contributed by atoms with Crippen LogP contribution in [0.5, 0.6) is 0 Å². The van der Waals surface area contributed by atoms with E-state index in [4.69, 9.17) is 10.5 Å². The first-order chi connectivity index (χ1) is 11.0. The summed E-state index contributed by atoms with van der Waals surface area (Å²) in [5, 5.41) is 10.3. The van der Waals surface area contributed by atoms with Crippen molar-refractivity contribution in [3.63, 3.8) is 0 Å². The van der Waals surface area contributed by atoms with Crippen LogP contribution in [0.3, 0.4) is 0 Å². The molecule has 1 aliphatic rings. The molecule has 2 aromatic rings. The quantitative estimate of drug-likeness (QED) is 0.749. The Balaban J connectivity index is 1.94. The van der Waals surface area contributed by atoms with Gasteiger partial charge in [0, 0.05) is 26.3 Å². The Kier molecular flexibility index (Phi) is 4.18. The van der Waals surface area contributed by atoms with Crippen LogP contribution < -0.4 is 16.4 Å². The molecule has 1 aliphatic carbocycles. The van der Waals surface area contributed by atoms with Gasteiger partial charge < -0.3 is 21.1 Å². The van der Waals surface area contributed by atoms with Gasteiger partial charge in [0.15, 0.2) is 5.65 Å². The Morgan fingerprint density at radius 1 is 1.52 bits per heavy atom. The molecule has 2 heterocycles. The summed E-state index contributed by atoms with van der Waals surface area (Å²) in [5.74, 6) is 0.544. The molecule has 4 N–H and O–H groups in total. The molecule has 8 nitrogen and oxygen atoms in total. The highest BCUT2D eigenvalue weighted by molar-refractivity contribution is 6.00. The molecule has 0 saturated heterocycles. The number of amides is 1. The van der Waals surface area contributed by atoms with Crippen molar-refractivity contribution < 1.29 is 9.53 Å². The van der Waals surface area contributed by atoms with Gasteiger partial charge in [-0.25, -0.2) is 4.98 Å². The second-order valence-corrected chi connectivity index (χ2v) is 5.83. The lowest BCUT2D eigenvalue weighted by Crippen LogP contribution is -2.51. The van der Waals surface area contributed by atoms with Crippen LogP contribution in [0.4, 0.5) is 5.82 Å². The van der Waals surface area contributed by atoms with Crippen LogP contribution in [0.1, 0.15) is 41.9 Å². The summed E-state index contributed by atoms with van der Waals surface area (Å²) in [6.45, 7) is 1.85. The number of hydrogen-bond acceptors (Lipinski definition) is 6. The average molecular weight is 318 g/mol. The number of nitrogens with one attached hydrogen (secondary N) is 2. The molecule has 3 atom stereocenters. The van der Waals surface area contributed by atoms with Crippen molar-refractivity contribution in [2.24, 2.45) is 5.73 Å². The fourth-order valence-electron chi connectivity index (χ4n) is 2.72. The number of methoxy groups -OCH3 is 1. The fourth-order valence-corrected chi connectivity index (χ4v) is 2.72. The van der Waals surface area contributed by atoms with Crippen molar-refractivity contribution in [3.8, 4) is 0 Å². The molecule has 2 aromatic heterocycles. The molecular weight excluding hydrogens is 296 g/mol. The van der Waals surface area contributed by atoms with E-state index < -0.39 is 0 Å². The molecule has 0 aliphatic heterocycles. The third kappa shape index (κ3) is 2.75. The zero-order valence-electron chi connectivity index (χ0n) is 13.5. The molecule has 3 unspecified atom stereocenters. The summed E-state index contributed by atoms with van der Waals surface area (Å²) in [5.41, 5.74) is 7.57. The molecule has 0 radical (unpaired) electrons. The number of carbonyl (C=O) groups is 1. The summed E-state index contributed by atoms with van der Waals surface area (Å²) < 4.78 is 6.92. The van der Waals surface area contributed by atoms with Gasteiger partial charge in [0.1, 0.15) is 11.4 Å². The van der Waals surface area contributed by atoms with Crippen LogP contribution in [0, 0.1) is 0 Å². The van der Waals surface area contributed by atoms with Gasteiger partial charge in [-0.05, 0) is 19.8 Å². The van der Waals surface area contributed by atoms with Gasteiger partial charge in [-0.3, -0.25) is 4.79 Å². The van der Waals surface area contributed by atoms with Crippen LogP contribution in [0.2, 0.25) is 0 Å². The molecule has 23 heavy (non-hydrogen) atoms. The Morgan fingerprint density at radius 3 is 2.87 bits per heavy atom. The van der Waals surface area contributed by atoms with Crippen molar-refractivity contribution in [2.75, 3.05) is 19.5 Å². The van der Waals surface area contributed by atoms with E-state index in [-0.39, 0.29) is 24.1 Å². The van der Waals surface area contributed by atoms with Gasteiger partial charge in [-0.1, -0.05) is 0 Å². The number of nitrogens with zero attached hydrogens (tertiary/aromatic N) is 3. The lowest BCUT2D eigenvalue weighted by Gasteiger charge is -2.35. The van der Waals surface area contributed by atoms with E-state index in [1.807, 2.05) is 13.0 Å². The number of nitrogens with two attached hydrogens (primary N) is 1. The Hall–Kier alpha value is -2.19. The van der Waals surface area contributed by atoms with Crippen LogP contribution in [-0.2, 0) is 4.74 Å². The van der Waals surface area contributed by atoms with E-state index in [1.165, 1.54) is 6.20 Å². The van der Waals surface area contributed by atoms with Crippen molar-refractivity contribution in [1.82, 2.24) is 19.9 Å². The first kappa shape index (κ1) is 15.7. The van der Waals surface area contributed by atoms with Crippen LogP contribution >= 0.6 is 0 Å². The first-order valence-electron chi connectivity index (χ1n) is 7.70. The highest BCUT2D eigenvalue weighted by Gasteiger charge is 2.33. The van der Waals surface area contributed by atoms with Gasteiger partial charge in [-0.15, -0.1) is 0 Å². The van der Waals surface area contributed by atoms with E-state index in [9.17, 15) is 4.79 Å². The zero-order chi connectivity index (χ0) is 16.6. The molecular formula is C15H22N6O2. The van der Waals surface area contributed by atoms with E-state index in [0.29, 0.717) is 16.9 Å². The second-order valence-electron chi connectivity index (χ2n) is 5.83. The third-order valence-electron chi connectivity index (χ3n) is 4.29. The molecule has 8 heteroatoms. The minimum Gasteiger partial charge on any atom is -0.379 e. The Labute approximate surface area is 134 Å². The molecule has 0 spiro atoms. The number of fused-ring (bicyclic) bond motifs is 1. The van der Waals surface area contributed by atoms with Crippen LogP contribution in [0.15, 0.2) is 12.3 Å². The van der Waals surface area contributed by atoms with Gasteiger partial charge in [0.2, 0.25) is 0 Å².